The van der Waals surface area contributed by atoms with Crippen molar-refractivity contribution in [2.75, 3.05) is 25.0 Å². The number of anilines is 1. The van der Waals surface area contributed by atoms with Gasteiger partial charge in [-0.25, -0.2) is 4.79 Å². The number of nitrogens with one attached hydrogen (secondary N) is 2. The highest BCUT2D eigenvalue weighted by atomic mass is 16.6. The fourth-order valence-corrected chi connectivity index (χ4v) is 3.08. The van der Waals surface area contributed by atoms with Gasteiger partial charge < -0.3 is 24.7 Å². The summed E-state index contributed by atoms with van der Waals surface area (Å²) in [6, 6.07) is 15.2. The average molecular weight is 351 g/mol. The molecule has 0 aliphatic carbocycles. The zero-order chi connectivity index (χ0) is 17.9. The van der Waals surface area contributed by atoms with E-state index >= 15 is 0 Å². The zero-order valence-corrected chi connectivity index (χ0v) is 14.6. The molecule has 6 heteroatoms. The van der Waals surface area contributed by atoms with Crippen molar-refractivity contribution >= 4 is 22.6 Å². The lowest BCUT2D eigenvalue weighted by Crippen LogP contribution is -2.45. The molecule has 6 nitrogen and oxygen atoms in total. The maximum Gasteiger partial charge on any atom is 0.321 e. The second-order valence-electron chi connectivity index (χ2n) is 6.25. The molecule has 1 aliphatic rings. The van der Waals surface area contributed by atoms with Crippen LogP contribution in [0.25, 0.3) is 10.9 Å². The van der Waals surface area contributed by atoms with Gasteiger partial charge in [-0.3, -0.25) is 0 Å². The standard InChI is InChI=1S/C20H21N3O3/c1-2-23(12-16-13-25-18-5-3-4-6-19(18)26-16)20(24)22-15-8-7-14-9-10-21-17(14)11-15/h3-11,16,21H,2,12-13H2,1H3,(H,22,24). The van der Waals surface area contributed by atoms with Crippen LogP contribution in [0, 0.1) is 0 Å². The number of urea groups is 1. The van der Waals surface area contributed by atoms with Gasteiger partial charge in [-0.2, -0.15) is 0 Å². The lowest BCUT2D eigenvalue weighted by molar-refractivity contribution is 0.0693. The summed E-state index contributed by atoms with van der Waals surface area (Å²) in [5.41, 5.74) is 1.75. The lowest BCUT2D eigenvalue weighted by atomic mass is 10.2. The first-order valence-corrected chi connectivity index (χ1v) is 8.74. The van der Waals surface area contributed by atoms with Crippen molar-refractivity contribution in [3.05, 3.63) is 54.7 Å². The molecule has 0 radical (unpaired) electrons. The molecule has 2 amide bonds. The summed E-state index contributed by atoms with van der Waals surface area (Å²) in [5, 5.41) is 4.07. The van der Waals surface area contributed by atoms with Crippen LogP contribution in [0.2, 0.25) is 0 Å². The van der Waals surface area contributed by atoms with E-state index in [-0.39, 0.29) is 12.1 Å². The van der Waals surface area contributed by atoms with Crippen molar-refractivity contribution in [1.82, 2.24) is 9.88 Å². The highest BCUT2D eigenvalue weighted by Gasteiger charge is 2.24. The summed E-state index contributed by atoms with van der Waals surface area (Å²) in [7, 11) is 0. The van der Waals surface area contributed by atoms with Crippen molar-refractivity contribution in [3.63, 3.8) is 0 Å². The smallest absolute Gasteiger partial charge is 0.321 e. The van der Waals surface area contributed by atoms with Crippen LogP contribution < -0.4 is 14.8 Å². The zero-order valence-electron chi connectivity index (χ0n) is 14.6. The Labute approximate surface area is 151 Å². The molecule has 1 aromatic heterocycles. The number of fused-ring (bicyclic) bond motifs is 2. The molecule has 1 aliphatic heterocycles. The normalized spacial score (nSPS) is 15.7. The number of rotatable bonds is 4. The summed E-state index contributed by atoms with van der Waals surface area (Å²) in [5.74, 6) is 1.47. The van der Waals surface area contributed by atoms with Gasteiger partial charge in [0.25, 0.3) is 0 Å². The maximum absolute atomic E-state index is 12.6. The van der Waals surface area contributed by atoms with Crippen LogP contribution in [0.4, 0.5) is 10.5 Å². The Kier molecular flexibility index (Phi) is 4.39. The molecule has 0 fully saturated rings. The van der Waals surface area contributed by atoms with E-state index in [2.05, 4.69) is 10.3 Å². The number of carbonyl (C=O) groups excluding carboxylic acids is 1. The van der Waals surface area contributed by atoms with Gasteiger partial charge >= 0.3 is 6.03 Å². The number of para-hydroxylation sites is 2. The predicted octanol–water partition coefficient (Wildman–Crippen LogP) is 3.86. The molecule has 2 heterocycles. The van der Waals surface area contributed by atoms with Gasteiger partial charge in [0.1, 0.15) is 6.61 Å². The van der Waals surface area contributed by atoms with Crippen LogP contribution in [0.5, 0.6) is 11.5 Å². The predicted molar refractivity (Wildman–Crippen MR) is 101 cm³/mol. The van der Waals surface area contributed by atoms with E-state index in [9.17, 15) is 4.79 Å². The number of nitrogens with zero attached hydrogens (tertiary/aromatic N) is 1. The molecule has 3 aromatic rings. The summed E-state index contributed by atoms with van der Waals surface area (Å²) in [6.07, 6.45) is 1.69. The van der Waals surface area contributed by atoms with Gasteiger partial charge in [0.15, 0.2) is 17.6 Å². The number of H-pyrrole nitrogens is 1. The van der Waals surface area contributed by atoms with Crippen LogP contribution in [0.3, 0.4) is 0 Å². The van der Waals surface area contributed by atoms with E-state index in [1.165, 1.54) is 0 Å². The molecule has 2 aromatic carbocycles. The third kappa shape index (κ3) is 3.31. The molecule has 1 atom stereocenters. The Bertz CT molecular complexity index is 921. The second-order valence-corrected chi connectivity index (χ2v) is 6.25. The van der Waals surface area contributed by atoms with Gasteiger partial charge in [0.05, 0.1) is 6.54 Å². The average Bonchev–Trinajstić information content (AvgIpc) is 3.13. The topological polar surface area (TPSA) is 66.6 Å². The molecule has 4 rings (SSSR count). The number of carbonyl (C=O) groups is 1. The minimum absolute atomic E-state index is 0.152. The van der Waals surface area contributed by atoms with Crippen LogP contribution in [0.1, 0.15) is 6.92 Å². The van der Waals surface area contributed by atoms with E-state index in [4.69, 9.17) is 9.47 Å². The van der Waals surface area contributed by atoms with Crippen LogP contribution in [-0.4, -0.2) is 41.7 Å². The largest absolute Gasteiger partial charge is 0.486 e. The Balaban J connectivity index is 1.41. The second kappa shape index (κ2) is 7.00. The van der Waals surface area contributed by atoms with Crippen LogP contribution in [-0.2, 0) is 0 Å². The number of hydrogen-bond donors (Lipinski definition) is 2. The summed E-state index contributed by atoms with van der Waals surface area (Å²) < 4.78 is 11.7. The van der Waals surface area contributed by atoms with Gasteiger partial charge in [-0.05, 0) is 42.6 Å². The number of aromatic nitrogens is 1. The highest BCUT2D eigenvalue weighted by molar-refractivity contribution is 5.92. The van der Waals surface area contributed by atoms with Crippen molar-refractivity contribution in [1.29, 1.82) is 0 Å². The van der Waals surface area contributed by atoms with Crippen molar-refractivity contribution in [3.8, 4) is 11.5 Å². The third-order valence-corrected chi connectivity index (χ3v) is 4.47. The first kappa shape index (κ1) is 16.3. The van der Waals surface area contributed by atoms with E-state index < -0.39 is 0 Å². The van der Waals surface area contributed by atoms with Crippen molar-refractivity contribution < 1.29 is 14.3 Å². The number of ether oxygens (including phenoxy) is 2. The molecule has 134 valence electrons. The molecule has 0 saturated carbocycles. The van der Waals surface area contributed by atoms with Gasteiger partial charge in [-0.15, -0.1) is 0 Å². The molecular weight excluding hydrogens is 330 g/mol. The van der Waals surface area contributed by atoms with Crippen LogP contribution >= 0.6 is 0 Å². The molecule has 1 unspecified atom stereocenters. The Morgan fingerprint density at radius 1 is 1.23 bits per heavy atom. The number of hydrogen-bond acceptors (Lipinski definition) is 3. The summed E-state index contributed by atoms with van der Waals surface area (Å²) in [6.45, 7) is 3.42. The minimum Gasteiger partial charge on any atom is -0.486 e. The number of benzene rings is 2. The monoisotopic (exact) mass is 351 g/mol. The maximum atomic E-state index is 12.6. The SMILES string of the molecule is CCN(CC1COc2ccccc2O1)C(=O)Nc1ccc2cc[nH]c2c1. The van der Waals surface area contributed by atoms with E-state index in [0.29, 0.717) is 19.7 Å². The minimum atomic E-state index is -0.193. The first-order chi connectivity index (χ1) is 12.7. The molecule has 2 N–H and O–H groups in total. The van der Waals surface area contributed by atoms with Crippen molar-refractivity contribution in [2.24, 2.45) is 0 Å². The Hall–Kier alpha value is -3.15. The number of likely N-dealkylation sites (N-methyl/N-ethyl adjacent to an activating group) is 1. The van der Waals surface area contributed by atoms with Gasteiger partial charge in [0, 0.05) is 23.9 Å². The number of amides is 2. The fraction of sp³-hybridized carbons (Fsp3) is 0.250. The number of aromatic amines is 1. The molecule has 0 spiro atoms. The van der Waals surface area contributed by atoms with Gasteiger partial charge in [0.2, 0.25) is 0 Å². The molecule has 0 saturated heterocycles. The quantitative estimate of drug-likeness (QED) is 0.750. The van der Waals surface area contributed by atoms with E-state index in [0.717, 1.165) is 28.1 Å². The fourth-order valence-electron chi connectivity index (χ4n) is 3.08. The highest BCUT2D eigenvalue weighted by Crippen LogP contribution is 2.31. The lowest BCUT2D eigenvalue weighted by Gasteiger charge is -2.30. The Morgan fingerprint density at radius 3 is 2.92 bits per heavy atom. The molecular formula is C20H21N3O3. The first-order valence-electron chi connectivity index (χ1n) is 8.74. The third-order valence-electron chi connectivity index (χ3n) is 4.47. The van der Waals surface area contributed by atoms with Crippen molar-refractivity contribution in [2.45, 2.75) is 13.0 Å². The summed E-state index contributed by atoms with van der Waals surface area (Å²) >= 11 is 0. The Morgan fingerprint density at radius 2 is 2.08 bits per heavy atom. The molecule has 0 bridgehead atoms. The van der Waals surface area contributed by atoms with E-state index in [1.54, 1.807) is 4.90 Å². The van der Waals surface area contributed by atoms with Gasteiger partial charge in [-0.1, -0.05) is 18.2 Å². The van der Waals surface area contributed by atoms with E-state index in [1.807, 2.05) is 61.7 Å². The summed E-state index contributed by atoms with van der Waals surface area (Å²) in [4.78, 5) is 17.5. The van der Waals surface area contributed by atoms with Crippen LogP contribution in [0.15, 0.2) is 54.7 Å². The molecule has 26 heavy (non-hydrogen) atoms.